The molecule has 4 atom stereocenters. The van der Waals surface area contributed by atoms with E-state index >= 15 is 0 Å². The van der Waals surface area contributed by atoms with Crippen molar-refractivity contribution in [2.24, 2.45) is 0 Å². The normalized spacial score (nSPS) is 23.9. The van der Waals surface area contributed by atoms with Crippen molar-refractivity contribution >= 4 is 20.2 Å². The molecule has 1 fully saturated rings. The van der Waals surface area contributed by atoms with Crippen molar-refractivity contribution in [1.82, 2.24) is 0 Å². The predicted octanol–water partition coefficient (Wildman–Crippen LogP) is 1.88. The summed E-state index contributed by atoms with van der Waals surface area (Å²) < 4.78 is 75.0. The van der Waals surface area contributed by atoms with Gasteiger partial charge >= 0.3 is 0 Å². The second-order valence-electron chi connectivity index (χ2n) is 7.72. The molecular formula is C22H28O9S2. The van der Waals surface area contributed by atoms with Crippen LogP contribution in [-0.4, -0.2) is 67.0 Å². The van der Waals surface area contributed by atoms with Crippen LogP contribution in [0.15, 0.2) is 60.7 Å². The molecule has 2 aromatic carbocycles. The fraction of sp³-hybridized carbons (Fsp3) is 0.455. The Bertz CT molecular complexity index is 1070. The predicted molar refractivity (Wildman–Crippen MR) is 120 cm³/mol. The number of rotatable bonds is 11. The van der Waals surface area contributed by atoms with Crippen molar-refractivity contribution in [1.29, 1.82) is 0 Å². The maximum absolute atomic E-state index is 12.0. The third-order valence-corrected chi connectivity index (χ3v) is 5.99. The Kier molecular flexibility index (Phi) is 8.99. The van der Waals surface area contributed by atoms with E-state index in [2.05, 4.69) is 0 Å². The van der Waals surface area contributed by atoms with Gasteiger partial charge in [-0.3, -0.25) is 8.37 Å². The van der Waals surface area contributed by atoms with E-state index < -0.39 is 51.3 Å². The summed E-state index contributed by atoms with van der Waals surface area (Å²) in [6, 6.07) is 18.8. The molecule has 0 aliphatic carbocycles. The quantitative estimate of drug-likeness (QED) is 0.427. The first kappa shape index (κ1) is 25.8. The average molecular weight is 501 g/mol. The van der Waals surface area contributed by atoms with Gasteiger partial charge in [0, 0.05) is 0 Å². The van der Waals surface area contributed by atoms with Crippen LogP contribution >= 0.6 is 0 Å². The minimum Gasteiger partial charge on any atom is -0.370 e. The van der Waals surface area contributed by atoms with E-state index in [1.807, 2.05) is 60.7 Å². The van der Waals surface area contributed by atoms with Gasteiger partial charge in [0.15, 0.2) is 0 Å². The summed E-state index contributed by atoms with van der Waals surface area (Å²) in [6.45, 7) is 0.0272. The molecule has 0 bridgehead atoms. The molecule has 0 aromatic heterocycles. The summed E-state index contributed by atoms with van der Waals surface area (Å²) in [7, 11) is -7.72. The van der Waals surface area contributed by atoms with Crippen molar-refractivity contribution in [3.05, 3.63) is 71.8 Å². The molecule has 11 heteroatoms. The summed E-state index contributed by atoms with van der Waals surface area (Å²) in [5, 5.41) is 0. The largest absolute Gasteiger partial charge is 0.370 e. The molecular weight excluding hydrogens is 472 g/mol. The van der Waals surface area contributed by atoms with Gasteiger partial charge in [-0.1, -0.05) is 60.7 Å². The van der Waals surface area contributed by atoms with Crippen LogP contribution in [0.3, 0.4) is 0 Å². The van der Waals surface area contributed by atoms with Gasteiger partial charge in [-0.15, -0.1) is 0 Å². The minimum atomic E-state index is -3.94. The van der Waals surface area contributed by atoms with Gasteiger partial charge in [-0.05, 0) is 11.1 Å². The van der Waals surface area contributed by atoms with Crippen molar-refractivity contribution in [3.63, 3.8) is 0 Å². The first-order valence-corrected chi connectivity index (χ1v) is 13.9. The fourth-order valence-electron chi connectivity index (χ4n) is 3.37. The molecule has 1 aliphatic heterocycles. The molecule has 0 unspecified atom stereocenters. The van der Waals surface area contributed by atoms with Crippen molar-refractivity contribution in [2.45, 2.75) is 37.6 Å². The van der Waals surface area contributed by atoms with E-state index in [1.165, 1.54) is 0 Å². The fourth-order valence-corrected chi connectivity index (χ4v) is 4.39. The summed E-state index contributed by atoms with van der Waals surface area (Å²) in [5.74, 6) is 0. The van der Waals surface area contributed by atoms with Crippen LogP contribution in [0.2, 0.25) is 0 Å². The molecule has 33 heavy (non-hydrogen) atoms. The Balaban J connectivity index is 1.82. The molecule has 2 aromatic rings. The third kappa shape index (κ3) is 8.78. The molecule has 1 aliphatic rings. The SMILES string of the molecule is CS(=O)(=O)OC[C@H]1OC[C@H](OCc2ccccc2)[C@@H](OCc2ccccc2)[C@@H]1OS(C)(=O)=O. The van der Waals surface area contributed by atoms with E-state index in [0.717, 1.165) is 23.6 Å². The molecule has 1 saturated heterocycles. The van der Waals surface area contributed by atoms with E-state index in [-0.39, 0.29) is 19.8 Å². The lowest BCUT2D eigenvalue weighted by molar-refractivity contribution is -0.219. The average Bonchev–Trinajstić information content (AvgIpc) is 2.76. The van der Waals surface area contributed by atoms with Gasteiger partial charge in [0.05, 0.1) is 38.9 Å². The third-order valence-electron chi connectivity index (χ3n) is 4.86. The highest BCUT2D eigenvalue weighted by Crippen LogP contribution is 2.27. The number of ether oxygens (including phenoxy) is 3. The van der Waals surface area contributed by atoms with E-state index in [4.69, 9.17) is 22.6 Å². The number of hydrogen-bond donors (Lipinski definition) is 0. The van der Waals surface area contributed by atoms with Crippen LogP contribution in [0.5, 0.6) is 0 Å². The van der Waals surface area contributed by atoms with E-state index in [9.17, 15) is 16.8 Å². The van der Waals surface area contributed by atoms with Gasteiger partial charge in [-0.2, -0.15) is 16.8 Å². The Morgan fingerprint density at radius 3 is 1.85 bits per heavy atom. The second-order valence-corrected chi connectivity index (χ2v) is 11.0. The molecule has 0 amide bonds. The van der Waals surface area contributed by atoms with Gasteiger partial charge in [0.25, 0.3) is 20.2 Å². The molecule has 0 saturated carbocycles. The van der Waals surface area contributed by atoms with Crippen LogP contribution in [0.25, 0.3) is 0 Å². The number of hydrogen-bond acceptors (Lipinski definition) is 9. The molecule has 182 valence electrons. The molecule has 3 rings (SSSR count). The minimum absolute atomic E-state index is 0.0354. The standard InChI is InChI=1S/C22H28O9S2/c1-32(23,24)30-16-20-22(31-33(2,25)26)21(29-14-18-11-7-4-8-12-18)19(15-28-20)27-13-17-9-5-3-6-10-17/h3-12,19-22H,13-16H2,1-2H3/t19-,20+,21+,22+/m0/s1. The highest BCUT2D eigenvalue weighted by Gasteiger charge is 2.45. The Morgan fingerprint density at radius 1 is 0.788 bits per heavy atom. The molecule has 9 nitrogen and oxygen atoms in total. The van der Waals surface area contributed by atoms with Crippen LogP contribution in [0.1, 0.15) is 11.1 Å². The van der Waals surface area contributed by atoms with Crippen molar-refractivity contribution in [3.8, 4) is 0 Å². The first-order valence-electron chi connectivity index (χ1n) is 10.3. The van der Waals surface area contributed by atoms with Crippen LogP contribution < -0.4 is 0 Å². The molecule has 0 radical (unpaired) electrons. The first-order chi connectivity index (χ1) is 15.6. The highest BCUT2D eigenvalue weighted by molar-refractivity contribution is 7.86. The Morgan fingerprint density at radius 2 is 1.33 bits per heavy atom. The van der Waals surface area contributed by atoms with Gasteiger partial charge in [0.1, 0.15) is 24.4 Å². The van der Waals surface area contributed by atoms with Crippen LogP contribution in [-0.2, 0) is 56.0 Å². The highest BCUT2D eigenvalue weighted by atomic mass is 32.2. The van der Waals surface area contributed by atoms with Gasteiger partial charge < -0.3 is 14.2 Å². The summed E-state index contributed by atoms with van der Waals surface area (Å²) in [5.41, 5.74) is 1.79. The Labute approximate surface area is 194 Å². The lowest BCUT2D eigenvalue weighted by Crippen LogP contribution is -2.57. The topological polar surface area (TPSA) is 114 Å². The zero-order valence-corrected chi connectivity index (χ0v) is 20.0. The van der Waals surface area contributed by atoms with Crippen molar-refractivity contribution < 1.29 is 39.4 Å². The van der Waals surface area contributed by atoms with E-state index in [1.54, 1.807) is 0 Å². The van der Waals surface area contributed by atoms with Gasteiger partial charge in [0.2, 0.25) is 0 Å². The molecule has 0 spiro atoms. The smallest absolute Gasteiger partial charge is 0.264 e. The lowest BCUT2D eigenvalue weighted by Gasteiger charge is -2.41. The second kappa shape index (κ2) is 11.5. The lowest BCUT2D eigenvalue weighted by atomic mass is 10.00. The zero-order chi connectivity index (χ0) is 23.9. The van der Waals surface area contributed by atoms with Crippen LogP contribution in [0, 0.1) is 0 Å². The van der Waals surface area contributed by atoms with Crippen molar-refractivity contribution in [2.75, 3.05) is 25.7 Å². The Hall–Kier alpha value is -1.86. The maximum Gasteiger partial charge on any atom is 0.264 e. The summed E-state index contributed by atoms with van der Waals surface area (Å²) in [4.78, 5) is 0. The monoisotopic (exact) mass is 500 g/mol. The summed E-state index contributed by atoms with van der Waals surface area (Å²) in [6.07, 6.45) is -1.92. The number of benzene rings is 2. The molecule has 1 heterocycles. The zero-order valence-electron chi connectivity index (χ0n) is 18.4. The maximum atomic E-state index is 12.0. The molecule has 0 N–H and O–H groups in total. The summed E-state index contributed by atoms with van der Waals surface area (Å²) >= 11 is 0. The van der Waals surface area contributed by atoms with Crippen LogP contribution in [0.4, 0.5) is 0 Å². The van der Waals surface area contributed by atoms with Gasteiger partial charge in [-0.25, -0.2) is 0 Å². The van der Waals surface area contributed by atoms with E-state index in [0.29, 0.717) is 0 Å².